The van der Waals surface area contributed by atoms with E-state index in [-0.39, 0.29) is 18.4 Å². The summed E-state index contributed by atoms with van der Waals surface area (Å²) in [7, 11) is 1.39. The Kier molecular flexibility index (Phi) is 4.49. The topological polar surface area (TPSA) is 26.3 Å². The third-order valence-electron chi connectivity index (χ3n) is 2.01. The first-order chi connectivity index (χ1) is 5.66. The second-order valence-corrected chi connectivity index (χ2v) is 2.74. The molecule has 1 rings (SSSR count). The van der Waals surface area contributed by atoms with Crippen molar-refractivity contribution in [3.05, 3.63) is 34.9 Å². The second-order valence-electron chi connectivity index (χ2n) is 2.74. The van der Waals surface area contributed by atoms with Crippen LogP contribution in [0.3, 0.4) is 0 Å². The van der Waals surface area contributed by atoms with Gasteiger partial charge in [0.1, 0.15) is 0 Å². The molecule has 1 aromatic carbocycles. The van der Waals surface area contributed by atoms with E-state index in [4.69, 9.17) is 0 Å². The summed E-state index contributed by atoms with van der Waals surface area (Å²) in [6.07, 6.45) is 0. The van der Waals surface area contributed by atoms with Gasteiger partial charge >= 0.3 is 5.97 Å². The van der Waals surface area contributed by atoms with E-state index in [1.807, 2.05) is 26.0 Å². The maximum Gasteiger partial charge on any atom is 0.338 e. The van der Waals surface area contributed by atoms with Gasteiger partial charge in [-0.1, -0.05) is 12.1 Å². The normalized spacial score (nSPS) is 8.85. The third-order valence-corrected chi connectivity index (χ3v) is 2.01. The van der Waals surface area contributed by atoms with Crippen LogP contribution in [0.2, 0.25) is 0 Å². The van der Waals surface area contributed by atoms with Crippen LogP contribution in [0.5, 0.6) is 0 Å². The Morgan fingerprint density at radius 2 is 1.92 bits per heavy atom. The first-order valence-electron chi connectivity index (χ1n) is 3.81. The standard InChI is InChI=1S/C10H12O2.ClH/c1-7-5-4-6-9(8(7)2)10(11)12-3;/h4-6H,1-3H3;1H. The van der Waals surface area contributed by atoms with Crippen LogP contribution in [0.15, 0.2) is 18.2 Å². The lowest BCUT2D eigenvalue weighted by Gasteiger charge is -2.05. The van der Waals surface area contributed by atoms with Crippen molar-refractivity contribution in [2.75, 3.05) is 7.11 Å². The van der Waals surface area contributed by atoms with Gasteiger partial charge in [0.25, 0.3) is 0 Å². The molecule has 1 aromatic rings. The molecule has 0 unspecified atom stereocenters. The smallest absolute Gasteiger partial charge is 0.338 e. The van der Waals surface area contributed by atoms with Gasteiger partial charge in [-0.15, -0.1) is 12.4 Å². The minimum absolute atomic E-state index is 0. The monoisotopic (exact) mass is 200 g/mol. The second kappa shape index (κ2) is 4.87. The van der Waals surface area contributed by atoms with E-state index in [2.05, 4.69) is 4.74 Å². The van der Waals surface area contributed by atoms with Gasteiger partial charge in [0.05, 0.1) is 12.7 Å². The number of hydrogen-bond donors (Lipinski definition) is 0. The molecule has 0 heterocycles. The molecule has 0 spiro atoms. The lowest BCUT2D eigenvalue weighted by atomic mass is 10.0. The number of carbonyl (C=O) groups is 1. The van der Waals surface area contributed by atoms with Crippen molar-refractivity contribution in [2.45, 2.75) is 13.8 Å². The largest absolute Gasteiger partial charge is 0.465 e. The quantitative estimate of drug-likeness (QED) is 0.652. The Labute approximate surface area is 84.3 Å². The molecule has 0 amide bonds. The van der Waals surface area contributed by atoms with Crippen molar-refractivity contribution in [1.29, 1.82) is 0 Å². The molecule has 0 aromatic heterocycles. The Hall–Kier alpha value is -1.02. The summed E-state index contributed by atoms with van der Waals surface area (Å²) in [5.74, 6) is -0.267. The zero-order chi connectivity index (χ0) is 9.14. The van der Waals surface area contributed by atoms with E-state index in [9.17, 15) is 4.79 Å². The summed E-state index contributed by atoms with van der Waals surface area (Å²) in [5.41, 5.74) is 2.75. The van der Waals surface area contributed by atoms with Crippen LogP contribution in [-0.2, 0) is 4.74 Å². The molecule has 0 aliphatic carbocycles. The fraction of sp³-hybridized carbons (Fsp3) is 0.300. The summed E-state index contributed by atoms with van der Waals surface area (Å²) in [5, 5.41) is 0. The Morgan fingerprint density at radius 1 is 1.31 bits per heavy atom. The number of benzene rings is 1. The highest BCUT2D eigenvalue weighted by molar-refractivity contribution is 5.91. The minimum atomic E-state index is -0.267. The lowest BCUT2D eigenvalue weighted by molar-refractivity contribution is 0.0600. The van der Waals surface area contributed by atoms with E-state index < -0.39 is 0 Å². The lowest BCUT2D eigenvalue weighted by Crippen LogP contribution is -2.04. The first-order valence-corrected chi connectivity index (χ1v) is 3.81. The minimum Gasteiger partial charge on any atom is -0.465 e. The van der Waals surface area contributed by atoms with Crippen LogP contribution in [0, 0.1) is 13.8 Å². The van der Waals surface area contributed by atoms with Gasteiger partial charge < -0.3 is 4.74 Å². The average Bonchev–Trinajstić information content (AvgIpc) is 2.08. The van der Waals surface area contributed by atoms with Crippen molar-refractivity contribution in [2.24, 2.45) is 0 Å². The maximum absolute atomic E-state index is 11.2. The Bertz CT molecular complexity index is 308. The molecule has 13 heavy (non-hydrogen) atoms. The molecule has 0 fully saturated rings. The summed E-state index contributed by atoms with van der Waals surface area (Å²) >= 11 is 0. The van der Waals surface area contributed by atoms with Gasteiger partial charge in [-0.05, 0) is 31.0 Å². The molecule has 0 aliphatic rings. The number of aryl methyl sites for hydroxylation is 1. The van der Waals surface area contributed by atoms with Gasteiger partial charge in [-0.2, -0.15) is 0 Å². The highest BCUT2D eigenvalue weighted by Gasteiger charge is 2.08. The van der Waals surface area contributed by atoms with Gasteiger partial charge in [0.15, 0.2) is 0 Å². The summed E-state index contributed by atoms with van der Waals surface area (Å²) in [6, 6.07) is 5.60. The number of hydrogen-bond acceptors (Lipinski definition) is 2. The molecular weight excluding hydrogens is 188 g/mol. The predicted octanol–water partition coefficient (Wildman–Crippen LogP) is 2.51. The van der Waals surface area contributed by atoms with E-state index in [0.717, 1.165) is 11.1 Å². The number of methoxy groups -OCH3 is 1. The van der Waals surface area contributed by atoms with E-state index in [1.54, 1.807) is 6.07 Å². The van der Waals surface area contributed by atoms with Crippen LogP contribution in [0.4, 0.5) is 0 Å². The van der Waals surface area contributed by atoms with Gasteiger partial charge in [0.2, 0.25) is 0 Å². The fourth-order valence-electron chi connectivity index (χ4n) is 1.08. The molecular formula is C10H13ClO2. The van der Waals surface area contributed by atoms with Crippen LogP contribution in [0.1, 0.15) is 21.5 Å². The molecule has 2 nitrogen and oxygen atoms in total. The summed E-state index contributed by atoms with van der Waals surface area (Å²) < 4.78 is 4.63. The Morgan fingerprint density at radius 3 is 2.46 bits per heavy atom. The Balaban J connectivity index is 0.00000144. The van der Waals surface area contributed by atoms with Crippen LogP contribution in [0.25, 0.3) is 0 Å². The molecule has 72 valence electrons. The zero-order valence-electron chi connectivity index (χ0n) is 7.96. The van der Waals surface area contributed by atoms with Crippen molar-refractivity contribution in [1.82, 2.24) is 0 Å². The third kappa shape index (κ3) is 2.46. The fourth-order valence-corrected chi connectivity index (χ4v) is 1.08. The molecule has 0 radical (unpaired) electrons. The first kappa shape index (κ1) is 12.0. The molecule has 0 saturated carbocycles. The highest BCUT2D eigenvalue weighted by Crippen LogP contribution is 2.13. The van der Waals surface area contributed by atoms with Gasteiger partial charge in [0, 0.05) is 0 Å². The number of esters is 1. The van der Waals surface area contributed by atoms with Crippen LogP contribution >= 0.6 is 12.4 Å². The molecule has 0 atom stereocenters. The van der Waals surface area contributed by atoms with E-state index in [0.29, 0.717) is 5.56 Å². The number of halogens is 1. The zero-order valence-corrected chi connectivity index (χ0v) is 8.77. The molecule has 0 aliphatic heterocycles. The molecule has 0 bridgehead atoms. The number of carbonyl (C=O) groups excluding carboxylic acids is 1. The summed E-state index contributed by atoms with van der Waals surface area (Å²) in [4.78, 5) is 11.2. The number of ether oxygens (including phenoxy) is 1. The van der Waals surface area contributed by atoms with Crippen LogP contribution < -0.4 is 0 Å². The summed E-state index contributed by atoms with van der Waals surface area (Å²) in [6.45, 7) is 3.89. The van der Waals surface area contributed by atoms with Gasteiger partial charge in [-0.25, -0.2) is 4.79 Å². The van der Waals surface area contributed by atoms with Crippen molar-refractivity contribution in [3.8, 4) is 0 Å². The van der Waals surface area contributed by atoms with Crippen molar-refractivity contribution < 1.29 is 9.53 Å². The van der Waals surface area contributed by atoms with Gasteiger partial charge in [-0.3, -0.25) is 0 Å². The molecule has 0 saturated heterocycles. The van der Waals surface area contributed by atoms with Crippen molar-refractivity contribution >= 4 is 18.4 Å². The predicted molar refractivity (Wildman–Crippen MR) is 54.5 cm³/mol. The number of rotatable bonds is 1. The van der Waals surface area contributed by atoms with Crippen LogP contribution in [-0.4, -0.2) is 13.1 Å². The van der Waals surface area contributed by atoms with E-state index >= 15 is 0 Å². The maximum atomic E-state index is 11.2. The SMILES string of the molecule is COC(=O)c1cccc(C)c1C.Cl. The molecule has 0 N–H and O–H groups in total. The average molecular weight is 201 g/mol. The highest BCUT2D eigenvalue weighted by atomic mass is 35.5. The van der Waals surface area contributed by atoms with E-state index in [1.165, 1.54) is 7.11 Å². The van der Waals surface area contributed by atoms with Crippen molar-refractivity contribution in [3.63, 3.8) is 0 Å². The molecule has 3 heteroatoms.